The van der Waals surface area contributed by atoms with Crippen molar-refractivity contribution in [2.24, 2.45) is 0 Å². The van der Waals surface area contributed by atoms with Crippen LogP contribution < -0.4 is 0 Å². The second-order valence-electron chi connectivity index (χ2n) is 3.30. The van der Waals surface area contributed by atoms with E-state index in [2.05, 4.69) is 11.0 Å². The normalized spacial score (nSPS) is 22.9. The lowest BCUT2D eigenvalue weighted by molar-refractivity contribution is -0.142. The third kappa shape index (κ3) is 3.73. The third-order valence-electron chi connectivity index (χ3n) is 2.17. The predicted molar refractivity (Wildman–Crippen MR) is 48.7 cm³/mol. The monoisotopic (exact) mass is 198 g/mol. The molecule has 0 aliphatic carbocycles. The highest BCUT2D eigenvalue weighted by molar-refractivity contribution is 5.67. The van der Waals surface area contributed by atoms with Crippen molar-refractivity contribution >= 4 is 5.97 Å². The van der Waals surface area contributed by atoms with Crippen LogP contribution in [-0.4, -0.2) is 48.3 Å². The van der Waals surface area contributed by atoms with Crippen molar-refractivity contribution in [3.8, 4) is 6.07 Å². The Hall–Kier alpha value is -1.12. The van der Waals surface area contributed by atoms with E-state index in [1.165, 1.54) is 0 Å². The molecule has 1 aliphatic heterocycles. The van der Waals surface area contributed by atoms with Crippen molar-refractivity contribution in [2.45, 2.75) is 18.9 Å². The number of rotatable bonds is 4. The van der Waals surface area contributed by atoms with Crippen LogP contribution in [0.3, 0.4) is 0 Å². The molecule has 1 fully saturated rings. The zero-order chi connectivity index (χ0) is 10.4. The minimum absolute atomic E-state index is 0.0447. The van der Waals surface area contributed by atoms with E-state index >= 15 is 0 Å². The predicted octanol–water partition coefficient (Wildman–Crippen LogP) is 0.0756. The van der Waals surface area contributed by atoms with Crippen LogP contribution in [-0.2, 0) is 9.53 Å². The SMILES string of the molecule is N#CCCN1CCOC(CC(=O)O)C1. The summed E-state index contributed by atoms with van der Waals surface area (Å²) >= 11 is 0. The molecule has 5 heteroatoms. The average Bonchev–Trinajstić information content (AvgIpc) is 2.14. The molecule has 0 aromatic carbocycles. The first kappa shape index (κ1) is 11.0. The lowest BCUT2D eigenvalue weighted by Crippen LogP contribution is -2.43. The van der Waals surface area contributed by atoms with Crippen LogP contribution >= 0.6 is 0 Å². The van der Waals surface area contributed by atoms with E-state index in [-0.39, 0.29) is 12.5 Å². The van der Waals surface area contributed by atoms with Gasteiger partial charge < -0.3 is 9.84 Å². The molecule has 78 valence electrons. The van der Waals surface area contributed by atoms with Gasteiger partial charge >= 0.3 is 5.97 Å². The van der Waals surface area contributed by atoms with Crippen molar-refractivity contribution < 1.29 is 14.6 Å². The molecule has 1 atom stereocenters. The van der Waals surface area contributed by atoms with Crippen molar-refractivity contribution in [1.29, 1.82) is 5.26 Å². The standard InChI is InChI=1S/C9H14N2O3/c10-2-1-3-11-4-5-14-8(7-11)6-9(12)13/h8H,1,3-7H2,(H,12,13). The van der Waals surface area contributed by atoms with Crippen LogP contribution in [0.15, 0.2) is 0 Å². The van der Waals surface area contributed by atoms with Gasteiger partial charge in [0.1, 0.15) is 0 Å². The van der Waals surface area contributed by atoms with Gasteiger partial charge in [-0.25, -0.2) is 0 Å². The van der Waals surface area contributed by atoms with Gasteiger partial charge in [0.2, 0.25) is 0 Å². The zero-order valence-electron chi connectivity index (χ0n) is 7.98. The fraction of sp³-hybridized carbons (Fsp3) is 0.778. The van der Waals surface area contributed by atoms with Crippen molar-refractivity contribution in [1.82, 2.24) is 4.90 Å². The van der Waals surface area contributed by atoms with Gasteiger partial charge in [0, 0.05) is 26.1 Å². The molecule has 0 radical (unpaired) electrons. The number of nitriles is 1. The molecule has 1 heterocycles. The Labute approximate surface area is 82.9 Å². The lowest BCUT2D eigenvalue weighted by atomic mass is 10.2. The van der Waals surface area contributed by atoms with E-state index in [1.54, 1.807) is 0 Å². The van der Waals surface area contributed by atoms with Crippen LogP contribution in [0.25, 0.3) is 0 Å². The van der Waals surface area contributed by atoms with Crippen molar-refractivity contribution in [2.75, 3.05) is 26.2 Å². The number of carboxylic acid groups (broad SMARTS) is 1. The first-order valence-corrected chi connectivity index (χ1v) is 4.65. The van der Waals surface area contributed by atoms with E-state index in [9.17, 15) is 4.79 Å². The van der Waals surface area contributed by atoms with E-state index < -0.39 is 5.97 Å². The summed E-state index contributed by atoms with van der Waals surface area (Å²) < 4.78 is 5.29. The highest BCUT2D eigenvalue weighted by Crippen LogP contribution is 2.08. The lowest BCUT2D eigenvalue weighted by Gasteiger charge is -2.31. The molecule has 0 bridgehead atoms. The second kappa shape index (κ2) is 5.58. The molecule has 0 saturated carbocycles. The number of nitrogens with zero attached hydrogens (tertiary/aromatic N) is 2. The molecular formula is C9H14N2O3. The van der Waals surface area contributed by atoms with E-state index in [0.29, 0.717) is 26.1 Å². The number of carboxylic acids is 1. The number of aliphatic carboxylic acids is 1. The molecule has 1 saturated heterocycles. The fourth-order valence-corrected chi connectivity index (χ4v) is 1.51. The molecule has 1 rings (SSSR count). The van der Waals surface area contributed by atoms with Gasteiger partial charge in [-0.1, -0.05) is 0 Å². The minimum atomic E-state index is -0.836. The summed E-state index contributed by atoms with van der Waals surface area (Å²) in [5, 5.41) is 17.0. The maximum atomic E-state index is 10.4. The molecule has 14 heavy (non-hydrogen) atoms. The molecule has 1 N–H and O–H groups in total. The number of carbonyl (C=O) groups is 1. The van der Waals surface area contributed by atoms with Gasteiger partial charge in [-0.2, -0.15) is 5.26 Å². The van der Waals surface area contributed by atoms with E-state index in [1.807, 2.05) is 0 Å². The van der Waals surface area contributed by atoms with E-state index in [4.69, 9.17) is 15.1 Å². The maximum Gasteiger partial charge on any atom is 0.306 e. The molecule has 0 amide bonds. The Balaban J connectivity index is 2.29. The number of hydrogen-bond acceptors (Lipinski definition) is 4. The van der Waals surface area contributed by atoms with Crippen LogP contribution in [0.1, 0.15) is 12.8 Å². The number of morpholine rings is 1. The van der Waals surface area contributed by atoms with Crippen LogP contribution in [0.2, 0.25) is 0 Å². The third-order valence-corrected chi connectivity index (χ3v) is 2.17. The summed E-state index contributed by atoms with van der Waals surface area (Å²) in [6.45, 7) is 2.67. The van der Waals surface area contributed by atoms with E-state index in [0.717, 1.165) is 6.54 Å². The summed E-state index contributed by atoms with van der Waals surface area (Å²) in [7, 11) is 0. The van der Waals surface area contributed by atoms with Crippen LogP contribution in [0.4, 0.5) is 0 Å². The topological polar surface area (TPSA) is 73.6 Å². The zero-order valence-corrected chi connectivity index (χ0v) is 7.98. The van der Waals surface area contributed by atoms with Gasteiger partial charge in [0.25, 0.3) is 0 Å². The van der Waals surface area contributed by atoms with Gasteiger partial charge in [-0.3, -0.25) is 9.69 Å². The average molecular weight is 198 g/mol. The Morgan fingerprint density at radius 3 is 3.14 bits per heavy atom. The maximum absolute atomic E-state index is 10.4. The smallest absolute Gasteiger partial charge is 0.306 e. The molecule has 0 aromatic heterocycles. The summed E-state index contributed by atoms with van der Waals surface area (Å²) in [6, 6.07) is 2.07. The molecule has 0 spiro atoms. The quantitative estimate of drug-likeness (QED) is 0.692. The Kier molecular flexibility index (Phi) is 4.36. The Morgan fingerprint density at radius 2 is 2.50 bits per heavy atom. The Morgan fingerprint density at radius 1 is 1.71 bits per heavy atom. The van der Waals surface area contributed by atoms with Gasteiger partial charge in [0.05, 0.1) is 25.2 Å². The Bertz CT molecular complexity index is 237. The largest absolute Gasteiger partial charge is 0.481 e. The molecule has 1 aliphatic rings. The molecule has 0 aromatic rings. The highest BCUT2D eigenvalue weighted by atomic mass is 16.5. The summed E-state index contributed by atoms with van der Waals surface area (Å²) in [6.07, 6.45) is 0.308. The molecule has 5 nitrogen and oxygen atoms in total. The summed E-state index contributed by atoms with van der Waals surface area (Å²) in [4.78, 5) is 12.5. The summed E-state index contributed by atoms with van der Waals surface area (Å²) in [5.74, 6) is -0.836. The molecular weight excluding hydrogens is 184 g/mol. The fourth-order valence-electron chi connectivity index (χ4n) is 1.51. The second-order valence-corrected chi connectivity index (χ2v) is 3.30. The van der Waals surface area contributed by atoms with Gasteiger partial charge in [0.15, 0.2) is 0 Å². The van der Waals surface area contributed by atoms with Gasteiger partial charge in [-0.05, 0) is 0 Å². The number of ether oxygens (including phenoxy) is 1. The van der Waals surface area contributed by atoms with Crippen LogP contribution in [0.5, 0.6) is 0 Å². The molecule has 1 unspecified atom stereocenters. The van der Waals surface area contributed by atoms with Gasteiger partial charge in [-0.15, -0.1) is 0 Å². The summed E-state index contributed by atoms with van der Waals surface area (Å²) in [5.41, 5.74) is 0. The highest BCUT2D eigenvalue weighted by Gasteiger charge is 2.21. The first-order valence-electron chi connectivity index (χ1n) is 4.65. The van der Waals surface area contributed by atoms with Crippen molar-refractivity contribution in [3.63, 3.8) is 0 Å². The number of hydrogen-bond donors (Lipinski definition) is 1. The van der Waals surface area contributed by atoms with Crippen molar-refractivity contribution in [3.05, 3.63) is 0 Å². The first-order chi connectivity index (χ1) is 6.72. The van der Waals surface area contributed by atoms with Crippen LogP contribution in [0, 0.1) is 11.3 Å². The minimum Gasteiger partial charge on any atom is -0.481 e.